The number of carbonyl (C=O) groups excluding carboxylic acids is 1. The first-order valence-electron chi connectivity index (χ1n) is 3.75. The number of halogens is 2. The molecule has 0 radical (unpaired) electrons. The highest BCUT2D eigenvalue weighted by Crippen LogP contribution is 2.27. The molecule has 0 aromatic heterocycles. The van der Waals surface area contributed by atoms with E-state index in [0.29, 0.717) is 14.2 Å². The van der Waals surface area contributed by atoms with Crippen molar-refractivity contribution in [2.45, 2.75) is 4.90 Å². The fraction of sp³-hybridized carbons (Fsp3) is 0.125. The topological polar surface area (TPSA) is 46.2 Å². The number of benzene rings is 1. The van der Waals surface area contributed by atoms with Gasteiger partial charge in [0.2, 0.25) is 5.91 Å². The summed E-state index contributed by atoms with van der Waals surface area (Å²) in [6.07, 6.45) is 0. The molecule has 1 atom stereocenters. The highest BCUT2D eigenvalue weighted by atomic mass is 127. The maximum absolute atomic E-state index is 13.1. The zero-order valence-electron chi connectivity index (χ0n) is 6.84. The first-order chi connectivity index (χ1) is 6.58. The molecule has 0 aliphatic carbocycles. The lowest BCUT2D eigenvalue weighted by Gasteiger charge is -2.16. The van der Waals surface area contributed by atoms with Gasteiger partial charge in [0.1, 0.15) is 11.6 Å². The fourth-order valence-corrected chi connectivity index (χ4v) is 2.72. The number of carbonyl (C=O) groups is 1. The summed E-state index contributed by atoms with van der Waals surface area (Å²) in [6.45, 7) is 0. The van der Waals surface area contributed by atoms with Crippen LogP contribution in [0.4, 0.5) is 10.1 Å². The summed E-state index contributed by atoms with van der Waals surface area (Å²) >= 11 is 1.82. The van der Waals surface area contributed by atoms with Crippen LogP contribution in [0.2, 0.25) is 0 Å². The Bertz CT molecular complexity index is 449. The quantitative estimate of drug-likeness (QED) is 0.735. The van der Waals surface area contributed by atoms with Gasteiger partial charge in [0.15, 0.2) is 0 Å². The number of hydrogen-bond donors (Lipinski definition) is 1. The summed E-state index contributed by atoms with van der Waals surface area (Å²) in [4.78, 5) is 11.4. The van der Waals surface area contributed by atoms with Crippen LogP contribution in [-0.4, -0.2) is 15.9 Å². The van der Waals surface area contributed by atoms with Gasteiger partial charge in [-0.2, -0.15) is 0 Å². The van der Waals surface area contributed by atoms with Gasteiger partial charge in [-0.25, -0.2) is 4.39 Å². The minimum atomic E-state index is -1.42. The van der Waals surface area contributed by atoms with Gasteiger partial charge in [-0.3, -0.25) is 9.00 Å². The summed E-state index contributed by atoms with van der Waals surface area (Å²) in [7, 11) is -1.42. The highest BCUT2D eigenvalue weighted by molar-refractivity contribution is 14.1. The summed E-state index contributed by atoms with van der Waals surface area (Å²) in [5, 5.41) is 2.55. The molecule has 0 saturated carbocycles. The van der Waals surface area contributed by atoms with Gasteiger partial charge in [-0.05, 0) is 34.7 Å². The first kappa shape index (κ1) is 10.0. The molecule has 1 aromatic rings. The van der Waals surface area contributed by atoms with Crippen LogP contribution in [0, 0.1) is 9.39 Å². The maximum atomic E-state index is 13.1. The van der Waals surface area contributed by atoms with E-state index in [4.69, 9.17) is 0 Å². The van der Waals surface area contributed by atoms with Gasteiger partial charge in [-0.15, -0.1) is 0 Å². The van der Waals surface area contributed by atoms with Crippen molar-refractivity contribution >= 4 is 45.0 Å². The summed E-state index contributed by atoms with van der Waals surface area (Å²) < 4.78 is 25.0. The second-order valence-electron chi connectivity index (χ2n) is 2.80. The van der Waals surface area contributed by atoms with Gasteiger partial charge < -0.3 is 5.32 Å². The normalized spacial score (nSPS) is 20.1. The fourth-order valence-electron chi connectivity index (χ4n) is 1.20. The standard InChI is InChI=1S/C8H5FINO2S/c9-4-1-7-6(2-5(4)10)11-8(12)3-14(7)13/h1-2H,3H2,(H,11,12). The van der Waals surface area contributed by atoms with Crippen LogP contribution in [-0.2, 0) is 15.6 Å². The van der Waals surface area contributed by atoms with Crippen molar-refractivity contribution in [2.75, 3.05) is 11.1 Å². The molecule has 6 heteroatoms. The lowest BCUT2D eigenvalue weighted by Crippen LogP contribution is -2.26. The number of hydrogen-bond acceptors (Lipinski definition) is 2. The molecule has 0 fully saturated rings. The van der Waals surface area contributed by atoms with E-state index in [1.54, 1.807) is 0 Å². The molecule has 0 bridgehead atoms. The molecule has 1 amide bonds. The minimum absolute atomic E-state index is 0.0902. The van der Waals surface area contributed by atoms with Crippen LogP contribution in [0.3, 0.4) is 0 Å². The number of anilines is 1. The van der Waals surface area contributed by atoms with Gasteiger partial charge in [-0.1, -0.05) is 0 Å². The van der Waals surface area contributed by atoms with Crippen molar-refractivity contribution in [3.63, 3.8) is 0 Å². The van der Waals surface area contributed by atoms with Crippen molar-refractivity contribution in [3.05, 3.63) is 21.5 Å². The third kappa shape index (κ3) is 1.68. The molecule has 1 unspecified atom stereocenters. The first-order valence-corrected chi connectivity index (χ1v) is 6.15. The average molecular weight is 325 g/mol. The van der Waals surface area contributed by atoms with Crippen LogP contribution >= 0.6 is 22.6 Å². The molecular formula is C8H5FINO2S. The molecule has 74 valence electrons. The Hall–Kier alpha value is -0.500. The molecule has 0 saturated heterocycles. The Morgan fingerprint density at radius 1 is 1.50 bits per heavy atom. The van der Waals surface area contributed by atoms with Gasteiger partial charge in [0, 0.05) is 0 Å². The molecule has 2 rings (SSSR count). The Balaban J connectivity index is 2.60. The number of fused-ring (bicyclic) bond motifs is 1. The van der Waals surface area contributed by atoms with E-state index in [2.05, 4.69) is 5.32 Å². The average Bonchev–Trinajstić information content (AvgIpc) is 2.08. The monoisotopic (exact) mass is 325 g/mol. The zero-order chi connectivity index (χ0) is 10.3. The van der Waals surface area contributed by atoms with Crippen LogP contribution in [0.15, 0.2) is 17.0 Å². The molecule has 1 N–H and O–H groups in total. The number of nitrogens with one attached hydrogen (secondary N) is 1. The Morgan fingerprint density at radius 3 is 2.93 bits per heavy atom. The third-order valence-corrected chi connectivity index (χ3v) is 3.98. The smallest absolute Gasteiger partial charge is 0.237 e. The van der Waals surface area contributed by atoms with E-state index in [0.717, 1.165) is 0 Å². The van der Waals surface area contributed by atoms with E-state index in [1.165, 1.54) is 12.1 Å². The Labute approximate surface area is 95.7 Å². The predicted molar refractivity (Wildman–Crippen MR) is 59.0 cm³/mol. The van der Waals surface area contributed by atoms with Gasteiger partial charge >= 0.3 is 0 Å². The van der Waals surface area contributed by atoms with E-state index < -0.39 is 16.6 Å². The maximum Gasteiger partial charge on any atom is 0.237 e. The summed E-state index contributed by atoms with van der Waals surface area (Å²) in [6, 6.07) is 2.70. The predicted octanol–water partition coefficient (Wildman–Crippen LogP) is 1.49. The molecule has 1 heterocycles. The zero-order valence-corrected chi connectivity index (χ0v) is 9.82. The summed E-state index contributed by atoms with van der Waals surface area (Å²) in [5.41, 5.74) is 0.449. The van der Waals surface area contributed by atoms with Crippen LogP contribution < -0.4 is 5.32 Å². The SMILES string of the molecule is O=C1CS(=O)c2cc(F)c(I)cc2N1. The van der Waals surface area contributed by atoms with E-state index in [-0.39, 0.29) is 11.7 Å². The van der Waals surface area contributed by atoms with Crippen molar-refractivity contribution in [1.82, 2.24) is 0 Å². The number of amides is 1. The van der Waals surface area contributed by atoms with Crippen LogP contribution in [0.25, 0.3) is 0 Å². The summed E-state index contributed by atoms with van der Waals surface area (Å²) in [5.74, 6) is -0.792. The molecule has 0 spiro atoms. The largest absolute Gasteiger partial charge is 0.324 e. The molecule has 1 aliphatic rings. The third-order valence-electron chi connectivity index (χ3n) is 1.80. The minimum Gasteiger partial charge on any atom is -0.324 e. The highest BCUT2D eigenvalue weighted by Gasteiger charge is 2.22. The molecular weight excluding hydrogens is 320 g/mol. The Kier molecular flexibility index (Phi) is 2.56. The van der Waals surface area contributed by atoms with E-state index in [1.807, 2.05) is 22.6 Å². The van der Waals surface area contributed by atoms with Crippen LogP contribution in [0.5, 0.6) is 0 Å². The van der Waals surface area contributed by atoms with Crippen molar-refractivity contribution in [2.24, 2.45) is 0 Å². The van der Waals surface area contributed by atoms with E-state index in [9.17, 15) is 13.4 Å². The molecule has 14 heavy (non-hydrogen) atoms. The number of rotatable bonds is 0. The molecule has 1 aromatic carbocycles. The molecule has 1 aliphatic heterocycles. The second kappa shape index (κ2) is 3.58. The van der Waals surface area contributed by atoms with Crippen molar-refractivity contribution in [1.29, 1.82) is 0 Å². The van der Waals surface area contributed by atoms with Crippen molar-refractivity contribution in [3.8, 4) is 0 Å². The van der Waals surface area contributed by atoms with Gasteiger partial charge in [0.05, 0.1) is 25.0 Å². The van der Waals surface area contributed by atoms with Crippen LogP contribution in [0.1, 0.15) is 0 Å². The lowest BCUT2D eigenvalue weighted by molar-refractivity contribution is -0.113. The van der Waals surface area contributed by atoms with Gasteiger partial charge in [0.25, 0.3) is 0 Å². The Morgan fingerprint density at radius 2 is 2.21 bits per heavy atom. The molecule has 3 nitrogen and oxygen atoms in total. The van der Waals surface area contributed by atoms with Crippen molar-refractivity contribution < 1.29 is 13.4 Å². The second-order valence-corrected chi connectivity index (χ2v) is 5.38. The lowest BCUT2D eigenvalue weighted by atomic mass is 10.3. The van der Waals surface area contributed by atoms with E-state index >= 15 is 0 Å².